The average Bonchev–Trinajstić information content (AvgIpc) is 3.63. The Morgan fingerprint density at radius 2 is 1.70 bits per heavy atom. The predicted octanol–water partition coefficient (Wildman–Crippen LogP) is 3.77. The van der Waals surface area contributed by atoms with Crippen LogP contribution in [0.15, 0.2) is 65.6 Å². The van der Waals surface area contributed by atoms with E-state index in [9.17, 15) is 17.6 Å². The second-order valence-corrected chi connectivity index (χ2v) is 14.8. The largest absolute Gasteiger partial charge is 0.496 e. The average molecular weight is 684 g/mol. The summed E-state index contributed by atoms with van der Waals surface area (Å²) in [6, 6.07) is 13.9. The Morgan fingerprint density at radius 1 is 1.00 bits per heavy atom. The molecule has 47 heavy (non-hydrogen) atoms. The van der Waals surface area contributed by atoms with Crippen LogP contribution in [0.25, 0.3) is 0 Å². The van der Waals surface area contributed by atoms with Gasteiger partial charge in [-0.2, -0.15) is 0 Å². The van der Waals surface area contributed by atoms with E-state index in [4.69, 9.17) is 16.3 Å². The highest BCUT2D eigenvalue weighted by Gasteiger charge is 2.63. The minimum Gasteiger partial charge on any atom is -0.496 e. The van der Waals surface area contributed by atoms with Crippen LogP contribution in [-0.2, 0) is 31.7 Å². The lowest BCUT2D eigenvalue weighted by Crippen LogP contribution is -2.59. The molecule has 3 aromatic carbocycles. The molecule has 2 amide bonds. The lowest BCUT2D eigenvalue weighted by Gasteiger charge is -2.42. The summed E-state index contributed by atoms with van der Waals surface area (Å²) in [5.74, 6) is -1.21. The standard InChI is InChI=1S/C34H39ClFN5O5S/c1-37(2)32(42)30-6-5-15-40(30)34(27-13-7-23(20-31(27)46-4)22-39-18-16-38(3)17-19-39)28-21-24(35)8-14-29(28)41(33(34)43)47(44,45)26-11-9-25(36)10-12-26/h7-14,20-21,30H,5-6,15-19,22H2,1-4H3/t30-,34?/m0/s1. The van der Waals surface area contributed by atoms with Gasteiger partial charge in [-0.25, -0.2) is 17.1 Å². The molecule has 2 atom stereocenters. The fourth-order valence-electron chi connectivity index (χ4n) is 7.11. The smallest absolute Gasteiger partial charge is 0.271 e. The molecule has 250 valence electrons. The summed E-state index contributed by atoms with van der Waals surface area (Å²) in [7, 11) is 2.39. The van der Waals surface area contributed by atoms with Crippen molar-refractivity contribution in [2.45, 2.75) is 35.9 Å². The van der Waals surface area contributed by atoms with Crippen molar-refractivity contribution in [1.29, 1.82) is 0 Å². The van der Waals surface area contributed by atoms with Crippen molar-refractivity contribution in [1.82, 2.24) is 19.6 Å². The van der Waals surface area contributed by atoms with E-state index < -0.39 is 33.3 Å². The minimum atomic E-state index is -4.54. The van der Waals surface area contributed by atoms with Crippen molar-refractivity contribution in [2.24, 2.45) is 0 Å². The van der Waals surface area contributed by atoms with Crippen molar-refractivity contribution >= 4 is 39.1 Å². The first kappa shape index (κ1) is 33.4. The summed E-state index contributed by atoms with van der Waals surface area (Å²) in [6.07, 6.45) is 1.07. The van der Waals surface area contributed by atoms with Gasteiger partial charge in [0.1, 0.15) is 11.6 Å². The topological polar surface area (TPSA) is 93.7 Å². The first-order valence-corrected chi connectivity index (χ1v) is 17.4. The Morgan fingerprint density at radius 3 is 2.36 bits per heavy atom. The number of benzene rings is 3. The number of ether oxygens (including phenoxy) is 1. The van der Waals surface area contributed by atoms with Gasteiger partial charge >= 0.3 is 0 Å². The molecule has 0 N–H and O–H groups in total. The van der Waals surface area contributed by atoms with Gasteiger partial charge < -0.3 is 14.5 Å². The molecule has 6 rings (SSSR count). The molecule has 3 aliphatic rings. The zero-order valence-electron chi connectivity index (χ0n) is 26.9. The molecule has 0 spiro atoms. The number of anilines is 1. The molecule has 0 radical (unpaired) electrons. The third kappa shape index (κ3) is 5.69. The van der Waals surface area contributed by atoms with Gasteiger partial charge in [0, 0.05) is 69.5 Å². The van der Waals surface area contributed by atoms with Gasteiger partial charge in [0.15, 0.2) is 5.54 Å². The summed E-state index contributed by atoms with van der Waals surface area (Å²) in [5.41, 5.74) is 0.0170. The number of rotatable bonds is 8. The fourth-order valence-corrected chi connectivity index (χ4v) is 8.74. The second kappa shape index (κ2) is 12.8. The number of sulfonamides is 1. The van der Waals surface area contributed by atoms with Crippen LogP contribution in [0.3, 0.4) is 0 Å². The molecule has 3 heterocycles. The van der Waals surface area contributed by atoms with E-state index in [1.807, 2.05) is 23.1 Å². The zero-order chi connectivity index (χ0) is 33.7. The Labute approximate surface area is 280 Å². The quantitative estimate of drug-likeness (QED) is 0.355. The highest BCUT2D eigenvalue weighted by molar-refractivity contribution is 7.93. The third-order valence-electron chi connectivity index (χ3n) is 9.48. The van der Waals surface area contributed by atoms with E-state index in [0.717, 1.165) is 60.3 Å². The molecule has 0 saturated carbocycles. The van der Waals surface area contributed by atoms with Gasteiger partial charge in [0.05, 0.1) is 23.7 Å². The van der Waals surface area contributed by atoms with E-state index >= 15 is 4.79 Å². The van der Waals surface area contributed by atoms with Gasteiger partial charge in [0.25, 0.3) is 15.9 Å². The molecule has 0 bridgehead atoms. The Balaban J connectivity index is 1.58. The number of nitrogens with zero attached hydrogens (tertiary/aromatic N) is 5. The maximum absolute atomic E-state index is 15.3. The number of amides is 2. The number of methoxy groups -OCH3 is 1. The molecule has 2 fully saturated rings. The molecule has 3 aromatic rings. The number of carbonyl (C=O) groups excluding carboxylic acids is 2. The summed E-state index contributed by atoms with van der Waals surface area (Å²) in [4.78, 5) is 36.7. The predicted molar refractivity (Wildman–Crippen MR) is 177 cm³/mol. The van der Waals surface area contributed by atoms with E-state index in [1.54, 1.807) is 20.2 Å². The highest BCUT2D eigenvalue weighted by Crippen LogP contribution is 2.55. The van der Waals surface area contributed by atoms with Crippen LogP contribution in [0.4, 0.5) is 10.1 Å². The number of fused-ring (bicyclic) bond motifs is 1. The second-order valence-electron chi connectivity index (χ2n) is 12.6. The number of hydrogen-bond acceptors (Lipinski definition) is 8. The third-order valence-corrected chi connectivity index (χ3v) is 11.4. The normalized spacial score (nSPS) is 22.5. The lowest BCUT2D eigenvalue weighted by molar-refractivity contribution is -0.138. The van der Waals surface area contributed by atoms with Crippen molar-refractivity contribution in [2.75, 3.05) is 65.3 Å². The molecule has 3 aliphatic heterocycles. The first-order valence-electron chi connectivity index (χ1n) is 15.6. The fraction of sp³-hybridized carbons (Fsp3) is 0.412. The highest BCUT2D eigenvalue weighted by atomic mass is 35.5. The van der Waals surface area contributed by atoms with Crippen LogP contribution in [0.1, 0.15) is 29.5 Å². The molecular weight excluding hydrogens is 645 g/mol. The molecular formula is C34H39ClFN5O5S. The number of carbonyl (C=O) groups is 2. The van der Waals surface area contributed by atoms with Crippen molar-refractivity contribution in [3.05, 3.63) is 88.2 Å². The minimum absolute atomic E-state index is 0.107. The van der Waals surface area contributed by atoms with Crippen LogP contribution >= 0.6 is 11.6 Å². The van der Waals surface area contributed by atoms with E-state index in [-0.39, 0.29) is 16.5 Å². The SMILES string of the molecule is COc1cc(CN2CCN(C)CC2)ccc1C1(N2CCC[C@H]2C(=O)N(C)C)C(=O)N(S(=O)(=O)c2ccc(F)cc2)c2ccc(Cl)cc21. The molecule has 10 nitrogen and oxygen atoms in total. The Hall–Kier alpha value is -3.55. The number of hydrogen-bond donors (Lipinski definition) is 0. The van der Waals surface area contributed by atoms with Crippen LogP contribution in [-0.4, -0.2) is 107 Å². The van der Waals surface area contributed by atoms with Crippen LogP contribution in [0.2, 0.25) is 5.02 Å². The number of halogens is 2. The number of likely N-dealkylation sites (tertiary alicyclic amines) is 1. The van der Waals surface area contributed by atoms with Crippen LogP contribution in [0, 0.1) is 5.82 Å². The van der Waals surface area contributed by atoms with Crippen molar-refractivity contribution in [3.8, 4) is 5.75 Å². The van der Waals surface area contributed by atoms with Gasteiger partial charge in [-0.05, 0) is 74.0 Å². The van der Waals surface area contributed by atoms with Crippen molar-refractivity contribution in [3.63, 3.8) is 0 Å². The summed E-state index contributed by atoms with van der Waals surface area (Å²) < 4.78 is 49.3. The molecule has 2 saturated heterocycles. The molecule has 0 aromatic heterocycles. The first-order chi connectivity index (χ1) is 22.4. The van der Waals surface area contributed by atoms with Gasteiger partial charge in [-0.1, -0.05) is 23.7 Å². The maximum atomic E-state index is 15.3. The van der Waals surface area contributed by atoms with Crippen LogP contribution < -0.4 is 9.04 Å². The van der Waals surface area contributed by atoms with E-state index in [1.165, 1.54) is 24.1 Å². The number of piperazine rings is 1. The molecule has 13 heteroatoms. The monoisotopic (exact) mass is 683 g/mol. The maximum Gasteiger partial charge on any atom is 0.271 e. The Bertz CT molecular complexity index is 1800. The Kier molecular flexibility index (Phi) is 9.09. The summed E-state index contributed by atoms with van der Waals surface area (Å²) in [5, 5.41) is 0.294. The van der Waals surface area contributed by atoms with Crippen molar-refractivity contribution < 1.29 is 27.1 Å². The zero-order valence-corrected chi connectivity index (χ0v) is 28.5. The van der Waals surface area contributed by atoms with E-state index in [0.29, 0.717) is 47.8 Å². The molecule has 1 unspecified atom stereocenters. The van der Waals surface area contributed by atoms with Crippen LogP contribution in [0.5, 0.6) is 5.75 Å². The van der Waals surface area contributed by atoms with Gasteiger partial charge in [-0.15, -0.1) is 0 Å². The molecule has 0 aliphatic carbocycles. The van der Waals surface area contributed by atoms with E-state index in [2.05, 4.69) is 16.8 Å². The lowest BCUT2D eigenvalue weighted by atomic mass is 9.80. The van der Waals surface area contributed by atoms with Gasteiger partial charge in [0.2, 0.25) is 5.91 Å². The number of likely N-dealkylation sites (N-methyl/N-ethyl adjacent to an activating group) is 2. The summed E-state index contributed by atoms with van der Waals surface area (Å²) in [6.45, 7) is 4.74. The summed E-state index contributed by atoms with van der Waals surface area (Å²) >= 11 is 6.60. The van der Waals surface area contributed by atoms with Gasteiger partial charge in [-0.3, -0.25) is 19.4 Å².